The topological polar surface area (TPSA) is 95.5 Å². The average molecular weight is 278 g/mol. The molecule has 0 radical (unpaired) electrons. The van der Waals surface area contributed by atoms with Gasteiger partial charge in [0.05, 0.1) is 22.0 Å². The van der Waals surface area contributed by atoms with Crippen molar-refractivity contribution in [1.29, 1.82) is 0 Å². The van der Waals surface area contributed by atoms with Gasteiger partial charge in [0, 0.05) is 18.2 Å². The summed E-state index contributed by atoms with van der Waals surface area (Å²) >= 11 is 0. The first-order chi connectivity index (χ1) is 9.45. The van der Waals surface area contributed by atoms with E-state index in [9.17, 15) is 24.6 Å². The van der Waals surface area contributed by atoms with Gasteiger partial charge in [-0.1, -0.05) is 0 Å². The highest BCUT2D eigenvalue weighted by Gasteiger charge is 2.12. The fourth-order valence-electron chi connectivity index (χ4n) is 1.48. The van der Waals surface area contributed by atoms with E-state index in [4.69, 9.17) is 4.74 Å². The van der Waals surface area contributed by atoms with Gasteiger partial charge in [0.1, 0.15) is 17.3 Å². The summed E-state index contributed by atoms with van der Waals surface area (Å²) in [4.78, 5) is 19.7. The van der Waals surface area contributed by atoms with Crippen molar-refractivity contribution in [3.05, 3.63) is 68.5 Å². The van der Waals surface area contributed by atoms with Crippen molar-refractivity contribution < 1.29 is 19.0 Å². The maximum atomic E-state index is 13.2. The quantitative estimate of drug-likeness (QED) is 0.630. The second-order valence-corrected chi connectivity index (χ2v) is 3.76. The van der Waals surface area contributed by atoms with Crippen molar-refractivity contribution in [3.8, 4) is 11.5 Å². The van der Waals surface area contributed by atoms with Crippen LogP contribution in [0.15, 0.2) is 42.5 Å². The maximum Gasteiger partial charge on any atom is 0.276 e. The Kier molecular flexibility index (Phi) is 3.56. The molecular formula is C12H7FN2O5. The summed E-state index contributed by atoms with van der Waals surface area (Å²) < 4.78 is 18.4. The highest BCUT2D eigenvalue weighted by molar-refractivity contribution is 5.43. The number of benzene rings is 2. The predicted molar refractivity (Wildman–Crippen MR) is 66.2 cm³/mol. The number of hydrogen-bond donors (Lipinski definition) is 0. The molecule has 0 spiro atoms. The summed E-state index contributed by atoms with van der Waals surface area (Å²) in [6.07, 6.45) is 0. The van der Waals surface area contributed by atoms with Gasteiger partial charge in [-0.25, -0.2) is 4.39 Å². The van der Waals surface area contributed by atoms with Gasteiger partial charge < -0.3 is 4.74 Å². The number of nitro groups is 2. The van der Waals surface area contributed by atoms with Gasteiger partial charge in [-0.15, -0.1) is 0 Å². The molecule has 0 saturated carbocycles. The maximum absolute atomic E-state index is 13.2. The molecule has 2 rings (SSSR count). The van der Waals surface area contributed by atoms with Crippen LogP contribution >= 0.6 is 0 Å². The molecule has 2 aromatic rings. The van der Waals surface area contributed by atoms with Crippen molar-refractivity contribution in [1.82, 2.24) is 0 Å². The molecule has 7 nitrogen and oxygen atoms in total. The third kappa shape index (κ3) is 3.05. The average Bonchev–Trinajstić information content (AvgIpc) is 2.38. The molecule has 0 saturated heterocycles. The second kappa shape index (κ2) is 5.31. The van der Waals surface area contributed by atoms with E-state index >= 15 is 0 Å². The molecular weight excluding hydrogens is 271 g/mol. The number of halogens is 1. The molecule has 0 heterocycles. The normalized spacial score (nSPS) is 10.1. The Morgan fingerprint density at radius 2 is 1.45 bits per heavy atom. The van der Waals surface area contributed by atoms with E-state index in [-0.39, 0.29) is 17.2 Å². The summed E-state index contributed by atoms with van der Waals surface area (Å²) in [6.45, 7) is 0. The van der Waals surface area contributed by atoms with Gasteiger partial charge in [0.15, 0.2) is 0 Å². The van der Waals surface area contributed by atoms with Crippen molar-refractivity contribution in [3.63, 3.8) is 0 Å². The summed E-state index contributed by atoms with van der Waals surface area (Å²) in [6, 6.07) is 7.86. The Hall–Kier alpha value is -3.03. The van der Waals surface area contributed by atoms with Crippen molar-refractivity contribution in [2.75, 3.05) is 0 Å². The zero-order valence-electron chi connectivity index (χ0n) is 9.86. The minimum absolute atomic E-state index is 0.0643. The third-order valence-corrected chi connectivity index (χ3v) is 2.35. The van der Waals surface area contributed by atoms with Crippen LogP contribution in [0.5, 0.6) is 11.5 Å². The van der Waals surface area contributed by atoms with E-state index in [2.05, 4.69) is 0 Å². The molecule has 0 bridgehead atoms. The minimum atomic E-state index is -0.809. The van der Waals surface area contributed by atoms with E-state index in [1.54, 1.807) is 0 Å². The van der Waals surface area contributed by atoms with Crippen LogP contribution < -0.4 is 4.74 Å². The molecule has 0 N–H and O–H groups in total. The Morgan fingerprint density at radius 1 is 0.850 bits per heavy atom. The first-order valence-corrected chi connectivity index (χ1v) is 5.33. The fourth-order valence-corrected chi connectivity index (χ4v) is 1.48. The van der Waals surface area contributed by atoms with Crippen LogP contribution in [-0.4, -0.2) is 9.85 Å². The molecule has 2 aromatic carbocycles. The lowest BCUT2D eigenvalue weighted by atomic mass is 10.3. The number of ether oxygens (including phenoxy) is 1. The highest BCUT2D eigenvalue weighted by Crippen LogP contribution is 2.27. The van der Waals surface area contributed by atoms with Crippen LogP contribution in [-0.2, 0) is 0 Å². The van der Waals surface area contributed by atoms with Crippen LogP contribution in [0.3, 0.4) is 0 Å². The van der Waals surface area contributed by atoms with E-state index in [0.29, 0.717) is 0 Å². The lowest BCUT2D eigenvalue weighted by molar-refractivity contribution is -0.385. The lowest BCUT2D eigenvalue weighted by Gasteiger charge is -2.05. The van der Waals surface area contributed by atoms with Gasteiger partial charge in [0.2, 0.25) is 0 Å². The van der Waals surface area contributed by atoms with E-state index in [1.165, 1.54) is 24.3 Å². The monoisotopic (exact) mass is 278 g/mol. The minimum Gasteiger partial charge on any atom is -0.457 e. The number of nitro benzene ring substituents is 2. The van der Waals surface area contributed by atoms with Crippen LogP contribution in [0, 0.1) is 26.0 Å². The van der Waals surface area contributed by atoms with Crippen molar-refractivity contribution >= 4 is 11.4 Å². The first-order valence-electron chi connectivity index (χ1n) is 5.33. The molecule has 20 heavy (non-hydrogen) atoms. The number of non-ortho nitro benzene ring substituents is 2. The molecule has 102 valence electrons. The van der Waals surface area contributed by atoms with Crippen molar-refractivity contribution in [2.24, 2.45) is 0 Å². The zero-order valence-corrected chi connectivity index (χ0v) is 9.86. The highest BCUT2D eigenvalue weighted by atomic mass is 19.1. The molecule has 0 aliphatic heterocycles. The Labute approximate surface area is 111 Å². The lowest BCUT2D eigenvalue weighted by Crippen LogP contribution is -1.92. The standard InChI is InChI=1S/C12H7FN2O5/c13-8-5-10(15(18)19)7-12(6-8)20-11-3-1-9(2-4-11)14(16)17/h1-7H. The molecule has 0 amide bonds. The Bertz CT molecular complexity index is 672. The van der Waals surface area contributed by atoms with Gasteiger partial charge in [-0.05, 0) is 12.1 Å². The summed E-state index contributed by atoms with van der Waals surface area (Å²) in [5.74, 6) is -0.669. The second-order valence-electron chi connectivity index (χ2n) is 3.76. The van der Waals surface area contributed by atoms with Gasteiger partial charge in [0.25, 0.3) is 11.4 Å². The summed E-state index contributed by atoms with van der Waals surface area (Å²) in [5, 5.41) is 21.1. The number of nitrogens with zero attached hydrogens (tertiary/aromatic N) is 2. The third-order valence-electron chi connectivity index (χ3n) is 2.35. The summed E-state index contributed by atoms with van der Waals surface area (Å²) in [7, 11) is 0. The Balaban J connectivity index is 2.25. The SMILES string of the molecule is O=[N+]([O-])c1ccc(Oc2cc(F)cc([N+](=O)[O-])c2)cc1. The van der Waals surface area contributed by atoms with Crippen LogP contribution in [0.4, 0.5) is 15.8 Å². The van der Waals surface area contributed by atoms with Crippen LogP contribution in [0.25, 0.3) is 0 Å². The molecule has 0 atom stereocenters. The van der Waals surface area contributed by atoms with Crippen LogP contribution in [0.1, 0.15) is 0 Å². The molecule has 0 fully saturated rings. The zero-order chi connectivity index (χ0) is 14.7. The molecule has 0 aromatic heterocycles. The Morgan fingerprint density at radius 3 is 2.00 bits per heavy atom. The van der Waals surface area contributed by atoms with Crippen LogP contribution in [0.2, 0.25) is 0 Å². The first kappa shape index (κ1) is 13.4. The van der Waals surface area contributed by atoms with Crippen molar-refractivity contribution in [2.45, 2.75) is 0 Å². The predicted octanol–water partition coefficient (Wildman–Crippen LogP) is 3.43. The molecule has 0 aliphatic carbocycles. The number of hydrogen-bond acceptors (Lipinski definition) is 5. The molecule has 0 unspecified atom stereocenters. The van der Waals surface area contributed by atoms with Gasteiger partial charge >= 0.3 is 0 Å². The van der Waals surface area contributed by atoms with Gasteiger partial charge in [-0.2, -0.15) is 0 Å². The molecule has 8 heteroatoms. The van der Waals surface area contributed by atoms with E-state index in [1.807, 2.05) is 0 Å². The number of rotatable bonds is 4. The van der Waals surface area contributed by atoms with Gasteiger partial charge in [-0.3, -0.25) is 20.2 Å². The van der Waals surface area contributed by atoms with E-state index < -0.39 is 21.4 Å². The smallest absolute Gasteiger partial charge is 0.276 e. The summed E-state index contributed by atoms with van der Waals surface area (Å²) in [5.41, 5.74) is -0.565. The van der Waals surface area contributed by atoms with E-state index in [0.717, 1.165) is 18.2 Å². The fraction of sp³-hybridized carbons (Fsp3) is 0. The largest absolute Gasteiger partial charge is 0.457 e. The molecule has 0 aliphatic rings.